The molecule has 3 N–H and O–H groups in total. The number of nitrogens with one attached hydrogen (secondary N) is 1. The third kappa shape index (κ3) is 2.14. The molecule has 5 heteroatoms. The Morgan fingerprint density at radius 2 is 2.00 bits per heavy atom. The van der Waals surface area contributed by atoms with Gasteiger partial charge < -0.3 is 16.0 Å². The number of hydrogen-bond donors (Lipinski definition) is 2. The van der Waals surface area contributed by atoms with Gasteiger partial charge in [-0.2, -0.15) is 11.8 Å². The van der Waals surface area contributed by atoms with Gasteiger partial charge in [-0.15, -0.1) is 0 Å². The van der Waals surface area contributed by atoms with E-state index in [9.17, 15) is 4.79 Å². The number of rotatable bonds is 1. The number of fused-ring (bicyclic) bond motifs is 1. The fourth-order valence-electron chi connectivity index (χ4n) is 2.51. The van der Waals surface area contributed by atoms with E-state index in [4.69, 9.17) is 5.73 Å². The molecule has 0 bridgehead atoms. The minimum atomic E-state index is 0.104. The Bertz CT molecular complexity index is 483. The lowest BCUT2D eigenvalue weighted by molar-refractivity contribution is -0.116. The quantitative estimate of drug-likeness (QED) is 0.757. The Hall–Kier alpha value is -1.36. The van der Waals surface area contributed by atoms with E-state index in [0.29, 0.717) is 6.42 Å². The molecular weight excluding hydrogens is 246 g/mol. The first-order chi connectivity index (χ1) is 8.74. The Kier molecular flexibility index (Phi) is 3.07. The molecule has 1 saturated heterocycles. The highest BCUT2D eigenvalue weighted by atomic mass is 32.2. The van der Waals surface area contributed by atoms with Gasteiger partial charge in [-0.3, -0.25) is 4.79 Å². The van der Waals surface area contributed by atoms with E-state index in [0.717, 1.165) is 53.6 Å². The fourth-order valence-corrected chi connectivity index (χ4v) is 3.42. The van der Waals surface area contributed by atoms with Crippen LogP contribution < -0.4 is 16.0 Å². The molecule has 4 nitrogen and oxygen atoms in total. The van der Waals surface area contributed by atoms with Crippen molar-refractivity contribution in [1.29, 1.82) is 0 Å². The van der Waals surface area contributed by atoms with Gasteiger partial charge in [0.1, 0.15) is 0 Å². The second kappa shape index (κ2) is 4.72. The van der Waals surface area contributed by atoms with Crippen LogP contribution in [-0.2, 0) is 11.2 Å². The van der Waals surface area contributed by atoms with Gasteiger partial charge >= 0.3 is 0 Å². The molecule has 2 aliphatic rings. The van der Waals surface area contributed by atoms with E-state index >= 15 is 0 Å². The summed E-state index contributed by atoms with van der Waals surface area (Å²) in [6, 6.07) is 4.06. The summed E-state index contributed by atoms with van der Waals surface area (Å²) in [5, 5.41) is 2.94. The molecule has 1 amide bonds. The van der Waals surface area contributed by atoms with E-state index in [1.165, 1.54) is 0 Å². The van der Waals surface area contributed by atoms with E-state index in [2.05, 4.69) is 10.2 Å². The molecule has 0 atom stereocenters. The SMILES string of the molecule is Nc1cc2c(cc1N1CCSCC1)NC(=O)CC2. The van der Waals surface area contributed by atoms with Gasteiger partial charge in [-0.1, -0.05) is 0 Å². The summed E-state index contributed by atoms with van der Waals surface area (Å²) in [4.78, 5) is 13.8. The highest BCUT2D eigenvalue weighted by molar-refractivity contribution is 7.99. The number of thioether (sulfide) groups is 1. The van der Waals surface area contributed by atoms with Crippen LogP contribution in [0.25, 0.3) is 0 Å². The van der Waals surface area contributed by atoms with E-state index in [1.54, 1.807) is 0 Å². The summed E-state index contributed by atoms with van der Waals surface area (Å²) in [5.41, 5.74) is 10.1. The maximum absolute atomic E-state index is 11.4. The second-order valence-corrected chi connectivity index (χ2v) is 5.94. The maximum atomic E-state index is 11.4. The normalized spacial score (nSPS) is 19.3. The highest BCUT2D eigenvalue weighted by Crippen LogP contribution is 2.34. The topological polar surface area (TPSA) is 58.4 Å². The molecule has 0 aromatic heterocycles. The van der Waals surface area contributed by atoms with Gasteiger partial charge in [-0.05, 0) is 24.1 Å². The number of amides is 1. The zero-order valence-electron chi connectivity index (χ0n) is 10.2. The van der Waals surface area contributed by atoms with Crippen molar-refractivity contribution in [2.75, 3.05) is 40.5 Å². The summed E-state index contributed by atoms with van der Waals surface area (Å²) in [6.45, 7) is 2.06. The van der Waals surface area contributed by atoms with Crippen molar-refractivity contribution in [2.24, 2.45) is 0 Å². The molecule has 1 aromatic rings. The predicted molar refractivity (Wildman–Crippen MR) is 77.3 cm³/mol. The Morgan fingerprint density at radius 1 is 1.22 bits per heavy atom. The molecule has 1 fully saturated rings. The zero-order chi connectivity index (χ0) is 12.5. The number of carbonyl (C=O) groups is 1. The number of nitrogens with zero attached hydrogens (tertiary/aromatic N) is 1. The average molecular weight is 263 g/mol. The van der Waals surface area contributed by atoms with Crippen molar-refractivity contribution in [3.05, 3.63) is 17.7 Å². The molecule has 1 aromatic carbocycles. The standard InChI is InChI=1S/C13H17N3OS/c14-10-7-9-1-2-13(17)15-11(9)8-12(10)16-3-5-18-6-4-16/h7-8H,1-6,14H2,(H,15,17). The van der Waals surface area contributed by atoms with Crippen molar-refractivity contribution >= 4 is 34.7 Å². The summed E-state index contributed by atoms with van der Waals surface area (Å²) in [7, 11) is 0. The van der Waals surface area contributed by atoms with Gasteiger partial charge in [0.2, 0.25) is 5.91 Å². The number of hydrogen-bond acceptors (Lipinski definition) is 4. The molecule has 0 saturated carbocycles. The molecular formula is C13H17N3OS. The van der Waals surface area contributed by atoms with Gasteiger partial charge in [0.15, 0.2) is 0 Å². The molecule has 0 radical (unpaired) electrons. The van der Waals surface area contributed by atoms with Crippen molar-refractivity contribution in [3.8, 4) is 0 Å². The summed E-state index contributed by atoms with van der Waals surface area (Å²) in [6.07, 6.45) is 1.35. The molecule has 96 valence electrons. The number of nitrogens with two attached hydrogens (primary N) is 1. The molecule has 3 rings (SSSR count). The van der Waals surface area contributed by atoms with Gasteiger partial charge in [0, 0.05) is 36.7 Å². The lowest BCUT2D eigenvalue weighted by atomic mass is 10.0. The van der Waals surface area contributed by atoms with Crippen LogP contribution in [0.2, 0.25) is 0 Å². The monoisotopic (exact) mass is 263 g/mol. The lowest BCUT2D eigenvalue weighted by Crippen LogP contribution is -2.33. The van der Waals surface area contributed by atoms with Crippen LogP contribution in [0.3, 0.4) is 0 Å². The zero-order valence-corrected chi connectivity index (χ0v) is 11.1. The summed E-state index contributed by atoms with van der Waals surface area (Å²) >= 11 is 1.98. The lowest BCUT2D eigenvalue weighted by Gasteiger charge is -2.31. The predicted octanol–water partition coefficient (Wildman–Crippen LogP) is 1.71. The van der Waals surface area contributed by atoms with Crippen LogP contribution in [0.15, 0.2) is 12.1 Å². The van der Waals surface area contributed by atoms with Crippen LogP contribution in [0.4, 0.5) is 17.1 Å². The summed E-state index contributed by atoms with van der Waals surface area (Å²) in [5.74, 6) is 2.39. The smallest absolute Gasteiger partial charge is 0.224 e. The number of carbonyl (C=O) groups excluding carboxylic acids is 1. The molecule has 2 aliphatic heterocycles. The average Bonchev–Trinajstić information content (AvgIpc) is 2.39. The third-order valence-corrected chi connectivity index (χ3v) is 4.44. The first kappa shape index (κ1) is 11.7. The Morgan fingerprint density at radius 3 is 2.78 bits per heavy atom. The van der Waals surface area contributed by atoms with Gasteiger partial charge in [-0.25, -0.2) is 0 Å². The summed E-state index contributed by atoms with van der Waals surface area (Å²) < 4.78 is 0. The second-order valence-electron chi connectivity index (χ2n) is 4.72. The number of anilines is 3. The first-order valence-electron chi connectivity index (χ1n) is 6.29. The fraction of sp³-hybridized carbons (Fsp3) is 0.462. The van der Waals surface area contributed by atoms with Crippen molar-refractivity contribution in [1.82, 2.24) is 0 Å². The van der Waals surface area contributed by atoms with Gasteiger partial charge in [0.05, 0.1) is 11.4 Å². The molecule has 0 spiro atoms. The molecule has 0 unspecified atom stereocenters. The van der Waals surface area contributed by atoms with Crippen LogP contribution in [-0.4, -0.2) is 30.5 Å². The van der Waals surface area contributed by atoms with Crippen molar-refractivity contribution in [3.63, 3.8) is 0 Å². The van der Waals surface area contributed by atoms with E-state index in [1.807, 2.05) is 23.9 Å². The third-order valence-electron chi connectivity index (χ3n) is 3.50. The largest absolute Gasteiger partial charge is 0.397 e. The number of aryl methyl sites for hydroxylation is 1. The van der Waals surface area contributed by atoms with Gasteiger partial charge in [0.25, 0.3) is 0 Å². The van der Waals surface area contributed by atoms with Crippen molar-refractivity contribution in [2.45, 2.75) is 12.8 Å². The van der Waals surface area contributed by atoms with Crippen LogP contribution >= 0.6 is 11.8 Å². The van der Waals surface area contributed by atoms with E-state index < -0.39 is 0 Å². The Balaban J connectivity index is 1.94. The minimum absolute atomic E-state index is 0.104. The minimum Gasteiger partial charge on any atom is -0.397 e. The molecule has 2 heterocycles. The van der Waals surface area contributed by atoms with Crippen LogP contribution in [0, 0.1) is 0 Å². The van der Waals surface area contributed by atoms with Crippen LogP contribution in [0.5, 0.6) is 0 Å². The number of nitrogen functional groups attached to an aromatic ring is 1. The Labute approximate surface area is 111 Å². The molecule has 0 aliphatic carbocycles. The highest BCUT2D eigenvalue weighted by Gasteiger charge is 2.20. The molecule has 18 heavy (non-hydrogen) atoms. The maximum Gasteiger partial charge on any atom is 0.224 e. The first-order valence-corrected chi connectivity index (χ1v) is 7.44. The van der Waals surface area contributed by atoms with E-state index in [-0.39, 0.29) is 5.91 Å². The van der Waals surface area contributed by atoms with Crippen molar-refractivity contribution < 1.29 is 4.79 Å². The van der Waals surface area contributed by atoms with Crippen LogP contribution in [0.1, 0.15) is 12.0 Å². The number of benzene rings is 1.